The maximum Gasteiger partial charge on any atom is 0.335 e. The Morgan fingerprint density at radius 1 is 1.00 bits per heavy atom. The number of nitrogens with zero attached hydrogens (tertiary/aromatic N) is 3. The summed E-state index contributed by atoms with van der Waals surface area (Å²) in [7, 11) is 0. The van der Waals surface area contributed by atoms with Crippen LogP contribution in [-0.4, -0.2) is 26.3 Å². The molecule has 0 aliphatic carbocycles. The normalized spacial score (nSPS) is 15.0. The van der Waals surface area contributed by atoms with E-state index >= 15 is 0 Å². The summed E-state index contributed by atoms with van der Waals surface area (Å²) in [5.74, 6) is -1.06. The number of amides is 1. The molecule has 0 radical (unpaired) electrons. The van der Waals surface area contributed by atoms with Gasteiger partial charge in [-0.1, -0.05) is 29.8 Å². The van der Waals surface area contributed by atoms with E-state index in [1.807, 2.05) is 0 Å². The molecule has 4 rings (SSSR count). The van der Waals surface area contributed by atoms with Gasteiger partial charge in [-0.15, -0.1) is 0 Å². The van der Waals surface area contributed by atoms with Gasteiger partial charge in [0.15, 0.2) is 0 Å². The van der Waals surface area contributed by atoms with Crippen LogP contribution in [0.2, 0.25) is 5.02 Å². The average molecular weight is 423 g/mol. The first-order valence-corrected chi connectivity index (χ1v) is 9.25. The Bertz CT molecular complexity index is 1320. The number of benzene rings is 2. The zero-order valence-corrected chi connectivity index (χ0v) is 16.4. The quantitative estimate of drug-likeness (QED) is 0.632. The minimum atomic E-state index is -0.817. The van der Waals surface area contributed by atoms with Crippen LogP contribution in [0.15, 0.2) is 74.9 Å². The van der Waals surface area contributed by atoms with Crippen molar-refractivity contribution in [1.29, 1.82) is 0 Å². The van der Waals surface area contributed by atoms with Crippen molar-refractivity contribution in [3.8, 4) is 11.6 Å². The van der Waals surface area contributed by atoms with Crippen LogP contribution in [0.4, 0.5) is 5.69 Å². The summed E-state index contributed by atoms with van der Waals surface area (Å²) in [5, 5.41) is 16.6. The van der Waals surface area contributed by atoms with E-state index in [1.54, 1.807) is 61.5 Å². The van der Waals surface area contributed by atoms with Crippen LogP contribution >= 0.6 is 11.6 Å². The topological polar surface area (TPSA) is 108 Å². The lowest BCUT2D eigenvalue weighted by Crippen LogP contribution is -2.30. The average Bonchev–Trinajstić information content (AvgIpc) is 3.00. The van der Waals surface area contributed by atoms with E-state index in [0.717, 1.165) is 4.57 Å². The van der Waals surface area contributed by atoms with E-state index in [0.29, 0.717) is 22.1 Å². The van der Waals surface area contributed by atoms with Gasteiger partial charge < -0.3 is 5.11 Å². The van der Waals surface area contributed by atoms with Crippen molar-refractivity contribution in [1.82, 2.24) is 9.55 Å². The van der Waals surface area contributed by atoms with Crippen LogP contribution in [0.1, 0.15) is 12.5 Å². The molecule has 1 amide bonds. The lowest BCUT2D eigenvalue weighted by Gasteiger charge is -2.12. The Hall–Kier alpha value is -3.91. The molecule has 0 saturated heterocycles. The number of aromatic nitrogens is 2. The highest BCUT2D eigenvalue weighted by Gasteiger charge is 2.29. The smallest absolute Gasteiger partial charge is 0.335 e. The highest BCUT2D eigenvalue weighted by atomic mass is 35.5. The predicted octanol–water partition coefficient (Wildman–Crippen LogP) is 2.69. The van der Waals surface area contributed by atoms with Crippen LogP contribution in [0.3, 0.4) is 0 Å². The number of aromatic hydroxyl groups is 1. The fourth-order valence-corrected chi connectivity index (χ4v) is 3.20. The molecule has 150 valence electrons. The first-order valence-electron chi connectivity index (χ1n) is 8.88. The molecule has 0 unspecified atom stereocenters. The molecule has 1 aliphatic rings. The maximum absolute atomic E-state index is 12.9. The molecule has 0 spiro atoms. The molecule has 0 saturated carbocycles. The zero-order valence-electron chi connectivity index (χ0n) is 15.7. The van der Waals surface area contributed by atoms with E-state index in [4.69, 9.17) is 11.6 Å². The summed E-state index contributed by atoms with van der Waals surface area (Å²) in [4.78, 5) is 39.7. The molecule has 1 aromatic heterocycles. The molecule has 2 N–H and O–H groups in total. The highest BCUT2D eigenvalue weighted by Crippen LogP contribution is 2.27. The SMILES string of the molecule is CC1=NN(c2ccc(Cl)cc2)C(=O)/C1=C/c1c(O)n(-c2ccccc2)c(=O)[nH]c1=O. The monoisotopic (exact) mass is 422 g/mol. The number of nitrogens with one attached hydrogen (secondary N) is 1. The first-order chi connectivity index (χ1) is 14.4. The molecule has 9 heteroatoms. The van der Waals surface area contributed by atoms with Crippen LogP contribution < -0.4 is 16.3 Å². The Kier molecular flexibility index (Phi) is 4.85. The molecule has 0 fully saturated rings. The zero-order chi connectivity index (χ0) is 21.4. The van der Waals surface area contributed by atoms with Crippen LogP contribution in [0.25, 0.3) is 11.8 Å². The number of rotatable bonds is 3. The number of carbonyl (C=O) groups is 1. The van der Waals surface area contributed by atoms with E-state index in [2.05, 4.69) is 10.1 Å². The van der Waals surface area contributed by atoms with Crippen molar-refractivity contribution >= 4 is 35.0 Å². The van der Waals surface area contributed by atoms with Crippen molar-refractivity contribution in [3.63, 3.8) is 0 Å². The maximum atomic E-state index is 12.9. The first kappa shape index (κ1) is 19.4. The molecule has 2 aromatic carbocycles. The largest absolute Gasteiger partial charge is 0.494 e. The van der Waals surface area contributed by atoms with Gasteiger partial charge in [-0.3, -0.25) is 14.6 Å². The molecule has 3 aromatic rings. The van der Waals surface area contributed by atoms with Gasteiger partial charge >= 0.3 is 5.69 Å². The van der Waals surface area contributed by atoms with Gasteiger partial charge in [-0.05, 0) is 49.4 Å². The highest BCUT2D eigenvalue weighted by molar-refractivity contribution is 6.32. The molecule has 8 nitrogen and oxygen atoms in total. The number of anilines is 1. The van der Waals surface area contributed by atoms with Crippen LogP contribution in [-0.2, 0) is 4.79 Å². The number of para-hydroxylation sites is 1. The van der Waals surface area contributed by atoms with E-state index in [1.165, 1.54) is 11.1 Å². The van der Waals surface area contributed by atoms with Gasteiger partial charge in [-0.25, -0.2) is 9.36 Å². The molecule has 0 atom stereocenters. The lowest BCUT2D eigenvalue weighted by atomic mass is 10.1. The number of aromatic amines is 1. The number of hydrazone groups is 1. The molecule has 2 heterocycles. The standard InChI is InChI=1S/C21H15ClN4O4/c1-12-16(20(29)26(24-12)15-9-7-13(22)8-10-15)11-17-18(27)23-21(30)25(19(17)28)14-5-3-2-4-6-14/h2-11,28H,1H3,(H,23,27,30)/b16-11+. The Labute approximate surface area is 175 Å². The minimum absolute atomic E-state index is 0.115. The fourth-order valence-electron chi connectivity index (χ4n) is 3.07. The Balaban J connectivity index is 1.81. The molecule has 1 aliphatic heterocycles. The van der Waals surface area contributed by atoms with Gasteiger partial charge in [0, 0.05) is 5.02 Å². The van der Waals surface area contributed by atoms with Crippen molar-refractivity contribution in [3.05, 3.63) is 91.6 Å². The summed E-state index contributed by atoms with van der Waals surface area (Å²) in [6.45, 7) is 1.61. The van der Waals surface area contributed by atoms with Crippen molar-refractivity contribution in [2.75, 3.05) is 5.01 Å². The third kappa shape index (κ3) is 3.33. The van der Waals surface area contributed by atoms with Crippen molar-refractivity contribution < 1.29 is 9.90 Å². The van der Waals surface area contributed by atoms with Gasteiger partial charge in [-0.2, -0.15) is 10.1 Å². The van der Waals surface area contributed by atoms with Crippen molar-refractivity contribution in [2.45, 2.75) is 6.92 Å². The molecular weight excluding hydrogens is 408 g/mol. The second-order valence-electron chi connectivity index (χ2n) is 6.50. The van der Waals surface area contributed by atoms with E-state index < -0.39 is 23.0 Å². The number of hydrogen-bond acceptors (Lipinski definition) is 5. The predicted molar refractivity (Wildman–Crippen MR) is 114 cm³/mol. The molecular formula is C21H15ClN4O4. The van der Waals surface area contributed by atoms with Crippen molar-refractivity contribution in [2.24, 2.45) is 5.10 Å². The number of H-pyrrole nitrogens is 1. The second-order valence-corrected chi connectivity index (χ2v) is 6.94. The number of carbonyl (C=O) groups excluding carboxylic acids is 1. The second kappa shape index (κ2) is 7.49. The van der Waals surface area contributed by atoms with Gasteiger partial charge in [0.05, 0.1) is 22.7 Å². The third-order valence-electron chi connectivity index (χ3n) is 4.56. The van der Waals surface area contributed by atoms with E-state index in [9.17, 15) is 19.5 Å². The summed E-state index contributed by atoms with van der Waals surface area (Å²) < 4.78 is 0.955. The van der Waals surface area contributed by atoms with E-state index in [-0.39, 0.29) is 11.1 Å². The Morgan fingerprint density at radius 2 is 1.67 bits per heavy atom. The number of halogens is 1. The summed E-state index contributed by atoms with van der Waals surface area (Å²) in [6.07, 6.45) is 1.23. The van der Waals surface area contributed by atoms with Gasteiger partial charge in [0.2, 0.25) is 5.88 Å². The van der Waals surface area contributed by atoms with Gasteiger partial charge in [0.25, 0.3) is 11.5 Å². The van der Waals surface area contributed by atoms with Crippen LogP contribution in [0, 0.1) is 0 Å². The Morgan fingerprint density at radius 3 is 2.33 bits per heavy atom. The van der Waals surface area contributed by atoms with Crippen LogP contribution in [0.5, 0.6) is 5.88 Å². The summed E-state index contributed by atoms with van der Waals surface area (Å²) >= 11 is 5.89. The molecule has 30 heavy (non-hydrogen) atoms. The van der Waals surface area contributed by atoms with Gasteiger partial charge in [0.1, 0.15) is 5.56 Å². The fraction of sp³-hybridized carbons (Fsp3) is 0.0476. The molecule has 0 bridgehead atoms. The number of hydrogen-bond donors (Lipinski definition) is 2. The lowest BCUT2D eigenvalue weighted by molar-refractivity contribution is -0.114. The third-order valence-corrected chi connectivity index (χ3v) is 4.81. The summed E-state index contributed by atoms with van der Waals surface area (Å²) in [6, 6.07) is 14.9. The minimum Gasteiger partial charge on any atom is -0.494 e. The summed E-state index contributed by atoms with van der Waals surface area (Å²) in [5.41, 5.74) is -0.509.